The Hall–Kier alpha value is -3.06. The Morgan fingerprint density at radius 1 is 1.04 bits per heavy atom. The average molecular weight is 338 g/mol. The molecule has 24 heavy (non-hydrogen) atoms. The number of nitrogens with two attached hydrogens (primary N) is 1. The second-order valence-corrected chi connectivity index (χ2v) is 5.61. The summed E-state index contributed by atoms with van der Waals surface area (Å²) in [6, 6.07) is 5.51. The molecule has 0 fully saturated rings. The van der Waals surface area contributed by atoms with Crippen LogP contribution in [0.4, 0.5) is 5.82 Å². The van der Waals surface area contributed by atoms with Gasteiger partial charge in [0.25, 0.3) is 0 Å². The van der Waals surface area contributed by atoms with Crippen LogP contribution in [0.1, 0.15) is 5.82 Å². The van der Waals surface area contributed by atoms with Gasteiger partial charge in [-0.2, -0.15) is 0 Å². The van der Waals surface area contributed by atoms with Gasteiger partial charge in [-0.25, -0.2) is 24.9 Å². The van der Waals surface area contributed by atoms with Gasteiger partial charge in [-0.15, -0.1) is 0 Å². The quantitative estimate of drug-likeness (QED) is 0.604. The Morgan fingerprint density at radius 3 is 2.58 bits per heavy atom. The lowest BCUT2D eigenvalue weighted by molar-refractivity contribution is 1.05. The normalized spacial score (nSPS) is 11.1. The summed E-state index contributed by atoms with van der Waals surface area (Å²) in [5.41, 5.74) is 9.69. The molecule has 0 aliphatic rings. The number of pyridine rings is 1. The van der Waals surface area contributed by atoms with Gasteiger partial charge in [0.05, 0.1) is 5.69 Å². The maximum atomic E-state index is 6.35. The third-order valence-corrected chi connectivity index (χ3v) is 3.83. The van der Waals surface area contributed by atoms with Crippen molar-refractivity contribution < 1.29 is 0 Å². The second-order valence-electron chi connectivity index (χ2n) is 5.25. The molecule has 2 N–H and O–H groups in total. The molecule has 4 aromatic rings. The summed E-state index contributed by atoms with van der Waals surface area (Å²) in [4.78, 5) is 21.0. The molecule has 0 unspecified atom stereocenters. The van der Waals surface area contributed by atoms with Gasteiger partial charge >= 0.3 is 0 Å². The maximum Gasteiger partial charge on any atom is 0.157 e. The van der Waals surface area contributed by atoms with E-state index in [2.05, 4.69) is 24.9 Å². The molecule has 0 atom stereocenters. The molecular weight excluding hydrogens is 326 g/mol. The lowest BCUT2D eigenvalue weighted by Gasteiger charge is -2.06. The molecule has 0 radical (unpaired) electrons. The van der Waals surface area contributed by atoms with Gasteiger partial charge in [-0.3, -0.25) is 4.40 Å². The number of halogens is 1. The van der Waals surface area contributed by atoms with Crippen molar-refractivity contribution in [1.82, 2.24) is 29.3 Å². The highest BCUT2D eigenvalue weighted by molar-refractivity contribution is 6.32. The molecule has 0 bridgehead atoms. The molecule has 0 spiro atoms. The summed E-state index contributed by atoms with van der Waals surface area (Å²) in [5.74, 6) is 0.958. The van der Waals surface area contributed by atoms with Gasteiger partial charge in [0, 0.05) is 35.8 Å². The lowest BCUT2D eigenvalue weighted by atomic mass is 10.1. The zero-order chi connectivity index (χ0) is 16.7. The number of aryl methyl sites for hydroxylation is 1. The first-order valence-electron chi connectivity index (χ1n) is 7.16. The molecular formula is C16H12ClN7. The second kappa shape index (κ2) is 5.54. The van der Waals surface area contributed by atoms with E-state index in [1.807, 2.05) is 22.7 Å². The standard InChI is InChI=1S/C16H12ClN7/c1-9-21-12(4-13(18)22-9)15-16(17)23-14-3-2-10(7-24(14)15)11-5-19-8-20-6-11/h2-8H,1H3,(H2,18,21,22). The van der Waals surface area contributed by atoms with Gasteiger partial charge < -0.3 is 5.73 Å². The number of nitrogen functional groups attached to an aromatic ring is 1. The molecule has 4 heterocycles. The van der Waals surface area contributed by atoms with Crippen LogP contribution in [0.2, 0.25) is 5.15 Å². The predicted molar refractivity (Wildman–Crippen MR) is 91.4 cm³/mol. The number of rotatable bonds is 2. The summed E-state index contributed by atoms with van der Waals surface area (Å²) in [6.45, 7) is 1.78. The summed E-state index contributed by atoms with van der Waals surface area (Å²) < 4.78 is 1.88. The van der Waals surface area contributed by atoms with Crippen LogP contribution in [0, 0.1) is 6.92 Å². The first-order valence-corrected chi connectivity index (χ1v) is 7.54. The highest BCUT2D eigenvalue weighted by atomic mass is 35.5. The van der Waals surface area contributed by atoms with Gasteiger partial charge in [0.15, 0.2) is 5.15 Å². The molecule has 0 aliphatic carbocycles. The minimum atomic E-state index is 0.356. The van der Waals surface area contributed by atoms with E-state index >= 15 is 0 Å². The third-order valence-electron chi connectivity index (χ3n) is 3.57. The van der Waals surface area contributed by atoms with Crippen LogP contribution < -0.4 is 5.73 Å². The number of aromatic nitrogens is 6. The van der Waals surface area contributed by atoms with Crippen LogP contribution in [0.15, 0.2) is 43.1 Å². The topological polar surface area (TPSA) is 94.9 Å². The molecule has 8 heteroatoms. The smallest absolute Gasteiger partial charge is 0.157 e. The van der Waals surface area contributed by atoms with Crippen molar-refractivity contribution in [3.63, 3.8) is 0 Å². The number of anilines is 1. The fraction of sp³-hybridized carbons (Fsp3) is 0.0625. The minimum Gasteiger partial charge on any atom is -0.384 e. The van der Waals surface area contributed by atoms with Crippen molar-refractivity contribution in [3.05, 3.63) is 54.1 Å². The first-order chi connectivity index (χ1) is 11.6. The van der Waals surface area contributed by atoms with Crippen molar-refractivity contribution in [2.75, 3.05) is 5.73 Å². The van der Waals surface area contributed by atoms with Crippen LogP contribution in [-0.4, -0.2) is 29.3 Å². The zero-order valence-corrected chi connectivity index (χ0v) is 13.4. The van der Waals surface area contributed by atoms with Gasteiger partial charge in [0.2, 0.25) is 0 Å². The van der Waals surface area contributed by atoms with E-state index in [9.17, 15) is 0 Å². The van der Waals surface area contributed by atoms with E-state index in [1.54, 1.807) is 25.4 Å². The van der Waals surface area contributed by atoms with Gasteiger partial charge in [-0.05, 0) is 19.1 Å². The molecule has 0 saturated heterocycles. The Morgan fingerprint density at radius 2 is 1.83 bits per heavy atom. The van der Waals surface area contributed by atoms with Crippen LogP contribution in [0.5, 0.6) is 0 Å². The SMILES string of the molecule is Cc1nc(N)cc(-c2c(Cl)nc3ccc(-c4cncnc4)cn23)n1. The highest BCUT2D eigenvalue weighted by Gasteiger charge is 2.16. The summed E-state index contributed by atoms with van der Waals surface area (Å²) in [7, 11) is 0. The van der Waals surface area contributed by atoms with E-state index in [0.717, 1.165) is 11.1 Å². The Kier molecular flexibility index (Phi) is 3.35. The number of nitrogens with zero attached hydrogens (tertiary/aromatic N) is 6. The minimum absolute atomic E-state index is 0.356. The van der Waals surface area contributed by atoms with E-state index in [-0.39, 0.29) is 0 Å². The fourth-order valence-electron chi connectivity index (χ4n) is 2.58. The van der Waals surface area contributed by atoms with E-state index in [0.29, 0.717) is 33.8 Å². The molecule has 7 nitrogen and oxygen atoms in total. The van der Waals surface area contributed by atoms with Crippen molar-refractivity contribution in [2.45, 2.75) is 6.92 Å². The number of hydrogen-bond donors (Lipinski definition) is 1. The van der Waals surface area contributed by atoms with Crippen LogP contribution in [-0.2, 0) is 0 Å². The third kappa shape index (κ3) is 2.44. The fourth-order valence-corrected chi connectivity index (χ4v) is 2.85. The summed E-state index contributed by atoms with van der Waals surface area (Å²) in [6.07, 6.45) is 6.92. The predicted octanol–water partition coefficient (Wildman–Crippen LogP) is 2.79. The Bertz CT molecular complexity index is 1020. The lowest BCUT2D eigenvalue weighted by Crippen LogP contribution is -1.99. The monoisotopic (exact) mass is 337 g/mol. The zero-order valence-electron chi connectivity index (χ0n) is 12.7. The largest absolute Gasteiger partial charge is 0.384 e. The number of imidazole rings is 1. The summed E-state index contributed by atoms with van der Waals surface area (Å²) in [5, 5.41) is 0.356. The maximum absolute atomic E-state index is 6.35. The first kappa shape index (κ1) is 14.5. The Balaban J connectivity index is 1.96. The van der Waals surface area contributed by atoms with Crippen molar-refractivity contribution in [2.24, 2.45) is 0 Å². The average Bonchev–Trinajstić information content (AvgIpc) is 2.89. The molecule has 4 rings (SSSR count). The van der Waals surface area contributed by atoms with Crippen molar-refractivity contribution in [3.8, 4) is 22.5 Å². The Labute approximate surface area is 142 Å². The molecule has 118 valence electrons. The van der Waals surface area contributed by atoms with E-state index in [1.165, 1.54) is 6.33 Å². The van der Waals surface area contributed by atoms with E-state index in [4.69, 9.17) is 17.3 Å². The van der Waals surface area contributed by atoms with E-state index < -0.39 is 0 Å². The van der Waals surface area contributed by atoms with Crippen molar-refractivity contribution >= 4 is 23.1 Å². The molecule has 4 aromatic heterocycles. The summed E-state index contributed by atoms with van der Waals surface area (Å²) >= 11 is 6.35. The van der Waals surface area contributed by atoms with Gasteiger partial charge in [0.1, 0.15) is 29.3 Å². The molecule has 0 saturated carbocycles. The number of fused-ring (bicyclic) bond motifs is 1. The number of hydrogen-bond acceptors (Lipinski definition) is 6. The molecule has 0 aliphatic heterocycles. The van der Waals surface area contributed by atoms with Crippen LogP contribution >= 0.6 is 11.6 Å². The highest BCUT2D eigenvalue weighted by Crippen LogP contribution is 2.30. The van der Waals surface area contributed by atoms with Gasteiger partial charge in [-0.1, -0.05) is 11.6 Å². The van der Waals surface area contributed by atoms with Crippen LogP contribution in [0.25, 0.3) is 28.2 Å². The molecule has 0 amide bonds. The van der Waals surface area contributed by atoms with Crippen LogP contribution in [0.3, 0.4) is 0 Å². The molecule has 0 aromatic carbocycles. The van der Waals surface area contributed by atoms with Crippen molar-refractivity contribution in [1.29, 1.82) is 0 Å².